The van der Waals surface area contributed by atoms with Gasteiger partial charge in [-0.05, 0) is 12.5 Å². The Hall–Kier alpha value is -1.84. The zero-order valence-electron chi connectivity index (χ0n) is 6.98. The van der Waals surface area contributed by atoms with Gasteiger partial charge in [0.25, 0.3) is 0 Å². The Morgan fingerprint density at radius 3 is 2.92 bits per heavy atom. The van der Waals surface area contributed by atoms with Gasteiger partial charge >= 0.3 is 5.69 Å². The van der Waals surface area contributed by atoms with Crippen molar-refractivity contribution in [2.75, 3.05) is 0 Å². The van der Waals surface area contributed by atoms with E-state index in [1.54, 1.807) is 12.1 Å². The van der Waals surface area contributed by atoms with Gasteiger partial charge in [-0.15, -0.1) is 0 Å². The molecule has 0 fully saturated rings. The predicted molar refractivity (Wildman–Crippen MR) is 47.6 cm³/mol. The van der Waals surface area contributed by atoms with Gasteiger partial charge in [0.2, 0.25) is 5.58 Å². The van der Waals surface area contributed by atoms with Crippen molar-refractivity contribution in [3.63, 3.8) is 0 Å². The van der Waals surface area contributed by atoms with E-state index in [1.165, 1.54) is 12.3 Å². The molecule has 0 saturated carbocycles. The minimum absolute atomic E-state index is 0.0191. The Bertz CT molecular complexity index is 473. The summed E-state index contributed by atoms with van der Waals surface area (Å²) in [5.74, 6) is 0. The monoisotopic (exact) mass is 177 g/mol. The fraction of sp³-hybridized carbons (Fsp3) is 0.111. The molecular weight excluding hydrogens is 170 g/mol. The molecule has 0 aliphatic carbocycles. The van der Waals surface area contributed by atoms with Crippen molar-refractivity contribution < 1.29 is 9.34 Å². The highest BCUT2D eigenvalue weighted by atomic mass is 16.6. The highest BCUT2D eigenvalue weighted by Crippen LogP contribution is 2.28. The van der Waals surface area contributed by atoms with Crippen LogP contribution in [0, 0.1) is 17.0 Å². The molecule has 13 heavy (non-hydrogen) atoms. The van der Waals surface area contributed by atoms with Crippen LogP contribution in [0.2, 0.25) is 0 Å². The van der Waals surface area contributed by atoms with Crippen LogP contribution in [0.1, 0.15) is 5.56 Å². The second-order valence-electron chi connectivity index (χ2n) is 2.83. The molecule has 2 rings (SSSR count). The molecule has 4 nitrogen and oxygen atoms in total. The van der Waals surface area contributed by atoms with Gasteiger partial charge in [-0.1, -0.05) is 12.1 Å². The van der Waals surface area contributed by atoms with E-state index in [2.05, 4.69) is 0 Å². The lowest BCUT2D eigenvalue weighted by Gasteiger charge is -1.91. The van der Waals surface area contributed by atoms with Crippen molar-refractivity contribution >= 4 is 16.7 Å². The lowest BCUT2D eigenvalue weighted by atomic mass is 10.2. The van der Waals surface area contributed by atoms with Crippen molar-refractivity contribution in [1.82, 2.24) is 0 Å². The molecule has 2 aromatic rings. The molecule has 0 atom stereocenters. The zero-order chi connectivity index (χ0) is 9.42. The Labute approximate surface area is 73.9 Å². The summed E-state index contributed by atoms with van der Waals surface area (Å²) in [6, 6.07) is 4.90. The Kier molecular flexibility index (Phi) is 1.55. The summed E-state index contributed by atoms with van der Waals surface area (Å²) in [6.07, 6.45) is 1.53. The molecule has 1 aromatic heterocycles. The second-order valence-corrected chi connectivity index (χ2v) is 2.83. The van der Waals surface area contributed by atoms with Crippen molar-refractivity contribution in [1.29, 1.82) is 0 Å². The number of hydrogen-bond acceptors (Lipinski definition) is 3. The molecule has 0 spiro atoms. The number of nitro groups is 1. The molecule has 1 aromatic carbocycles. The molecule has 4 heteroatoms. The molecule has 0 N–H and O–H groups in total. The molecule has 0 unspecified atom stereocenters. The van der Waals surface area contributed by atoms with E-state index in [0.29, 0.717) is 5.58 Å². The molecule has 0 saturated heterocycles. The van der Waals surface area contributed by atoms with Gasteiger partial charge in [0.1, 0.15) is 0 Å². The van der Waals surface area contributed by atoms with E-state index < -0.39 is 4.92 Å². The minimum Gasteiger partial charge on any atom is -0.457 e. The topological polar surface area (TPSA) is 56.3 Å². The van der Waals surface area contributed by atoms with E-state index >= 15 is 0 Å². The number of furan rings is 1. The van der Waals surface area contributed by atoms with E-state index in [0.717, 1.165) is 10.9 Å². The molecule has 0 aliphatic rings. The van der Waals surface area contributed by atoms with Crippen LogP contribution in [0.15, 0.2) is 28.9 Å². The normalized spacial score (nSPS) is 10.5. The van der Waals surface area contributed by atoms with Crippen LogP contribution >= 0.6 is 0 Å². The third-order valence-electron chi connectivity index (χ3n) is 1.97. The Balaban J connectivity index is 2.84. The van der Waals surface area contributed by atoms with Gasteiger partial charge in [-0.3, -0.25) is 10.1 Å². The quantitative estimate of drug-likeness (QED) is 0.497. The van der Waals surface area contributed by atoms with Crippen LogP contribution in [0.25, 0.3) is 11.0 Å². The number of aryl methyl sites for hydroxylation is 1. The first kappa shape index (κ1) is 7.79. The first-order valence-electron chi connectivity index (χ1n) is 3.81. The third-order valence-corrected chi connectivity index (χ3v) is 1.97. The maximum atomic E-state index is 10.6. The molecule has 0 aliphatic heterocycles. The van der Waals surface area contributed by atoms with Crippen molar-refractivity contribution in [2.45, 2.75) is 6.92 Å². The van der Waals surface area contributed by atoms with Gasteiger partial charge in [0.15, 0.2) is 0 Å². The maximum absolute atomic E-state index is 10.6. The number of para-hydroxylation sites is 1. The lowest BCUT2D eigenvalue weighted by Crippen LogP contribution is -1.87. The number of fused-ring (bicyclic) bond motifs is 1. The molecule has 0 radical (unpaired) electrons. The summed E-state index contributed by atoms with van der Waals surface area (Å²) < 4.78 is 5.10. The second kappa shape index (κ2) is 2.58. The van der Waals surface area contributed by atoms with Crippen LogP contribution in [-0.4, -0.2) is 4.92 Å². The van der Waals surface area contributed by atoms with Gasteiger partial charge in [-0.2, -0.15) is 0 Å². The summed E-state index contributed by atoms with van der Waals surface area (Å²) in [7, 11) is 0. The zero-order valence-corrected chi connectivity index (χ0v) is 6.98. The highest BCUT2D eigenvalue weighted by Gasteiger charge is 2.15. The van der Waals surface area contributed by atoms with Crippen LogP contribution in [-0.2, 0) is 0 Å². The number of nitrogens with zero attached hydrogens (tertiary/aromatic N) is 1. The van der Waals surface area contributed by atoms with Gasteiger partial charge in [-0.25, -0.2) is 0 Å². The number of benzene rings is 1. The summed E-state index contributed by atoms with van der Waals surface area (Å²) in [5, 5.41) is 11.4. The van der Waals surface area contributed by atoms with E-state index in [1.807, 2.05) is 6.92 Å². The molecule has 66 valence electrons. The van der Waals surface area contributed by atoms with Crippen LogP contribution in [0.5, 0.6) is 0 Å². The van der Waals surface area contributed by atoms with Gasteiger partial charge < -0.3 is 4.42 Å². The first-order chi connectivity index (χ1) is 6.20. The largest absolute Gasteiger partial charge is 0.457 e. The number of non-ortho nitro benzene ring substituents is 1. The number of rotatable bonds is 1. The van der Waals surface area contributed by atoms with E-state index in [4.69, 9.17) is 4.42 Å². The van der Waals surface area contributed by atoms with Crippen LogP contribution < -0.4 is 0 Å². The van der Waals surface area contributed by atoms with Crippen molar-refractivity contribution in [3.05, 3.63) is 40.1 Å². The van der Waals surface area contributed by atoms with E-state index in [9.17, 15) is 10.1 Å². The summed E-state index contributed by atoms with van der Waals surface area (Å²) >= 11 is 0. The average molecular weight is 177 g/mol. The summed E-state index contributed by atoms with van der Waals surface area (Å²) in [6.45, 7) is 1.86. The van der Waals surface area contributed by atoms with Gasteiger partial charge in [0, 0.05) is 11.5 Å². The maximum Gasteiger partial charge on any atom is 0.312 e. The van der Waals surface area contributed by atoms with Crippen molar-refractivity contribution in [2.24, 2.45) is 0 Å². The SMILES string of the molecule is Cc1coc2c([N+](=O)[O-])cccc12. The average Bonchev–Trinajstić information content (AvgIpc) is 2.48. The summed E-state index contributed by atoms with van der Waals surface area (Å²) in [5.41, 5.74) is 1.29. The summed E-state index contributed by atoms with van der Waals surface area (Å²) in [4.78, 5) is 10.1. The molecule has 1 heterocycles. The third kappa shape index (κ3) is 1.07. The lowest BCUT2D eigenvalue weighted by molar-refractivity contribution is -0.383. The molecule has 0 amide bonds. The van der Waals surface area contributed by atoms with Crippen molar-refractivity contribution in [3.8, 4) is 0 Å². The van der Waals surface area contributed by atoms with E-state index in [-0.39, 0.29) is 5.69 Å². The fourth-order valence-corrected chi connectivity index (χ4v) is 1.31. The number of hydrogen-bond donors (Lipinski definition) is 0. The first-order valence-corrected chi connectivity index (χ1v) is 3.81. The Morgan fingerprint density at radius 1 is 1.46 bits per heavy atom. The highest BCUT2D eigenvalue weighted by molar-refractivity contribution is 5.88. The van der Waals surface area contributed by atoms with Crippen LogP contribution in [0.3, 0.4) is 0 Å². The Morgan fingerprint density at radius 2 is 2.23 bits per heavy atom. The standard InChI is InChI=1S/C9H7NO3/c1-6-5-13-9-7(6)3-2-4-8(9)10(11)12/h2-5H,1H3. The van der Waals surface area contributed by atoms with Crippen LogP contribution in [0.4, 0.5) is 5.69 Å². The molecular formula is C9H7NO3. The fourth-order valence-electron chi connectivity index (χ4n) is 1.31. The molecule has 0 bridgehead atoms. The predicted octanol–water partition coefficient (Wildman–Crippen LogP) is 2.65. The minimum atomic E-state index is -0.439. The smallest absolute Gasteiger partial charge is 0.312 e. The van der Waals surface area contributed by atoms with Gasteiger partial charge in [0.05, 0.1) is 11.2 Å². The number of nitro benzene ring substituents is 1.